The standard InChI is InChI=1S/C19H18O5/c1-12-4-3-5-14(8-12)16(20)10-15(19(21)22-2)13-6-7-17-18(9-13)24-11-23-17/h3-9,15H,10-11H2,1-2H3. The van der Waals surface area contributed by atoms with Crippen LogP contribution >= 0.6 is 0 Å². The first kappa shape index (κ1) is 16.1. The molecule has 24 heavy (non-hydrogen) atoms. The number of Topliss-reactive ketones (excluding diaryl/α,β-unsaturated/α-hetero) is 1. The first-order valence-electron chi connectivity index (χ1n) is 7.65. The molecule has 1 unspecified atom stereocenters. The molecule has 2 aromatic carbocycles. The van der Waals surface area contributed by atoms with Gasteiger partial charge in [0.05, 0.1) is 13.0 Å². The molecule has 0 aliphatic carbocycles. The molecule has 3 rings (SSSR count). The molecule has 1 heterocycles. The number of hydrogen-bond acceptors (Lipinski definition) is 5. The summed E-state index contributed by atoms with van der Waals surface area (Å²) in [5.41, 5.74) is 2.26. The van der Waals surface area contributed by atoms with Crippen LogP contribution in [0.5, 0.6) is 11.5 Å². The molecule has 0 amide bonds. The van der Waals surface area contributed by atoms with Crippen LogP contribution in [0.4, 0.5) is 0 Å². The summed E-state index contributed by atoms with van der Waals surface area (Å²) in [7, 11) is 1.32. The number of ketones is 1. The normalized spacial score (nSPS) is 13.4. The Hall–Kier alpha value is -2.82. The molecule has 124 valence electrons. The van der Waals surface area contributed by atoms with E-state index in [9.17, 15) is 9.59 Å². The second kappa shape index (κ2) is 6.74. The summed E-state index contributed by atoms with van der Waals surface area (Å²) in [4.78, 5) is 24.8. The van der Waals surface area contributed by atoms with E-state index in [-0.39, 0.29) is 19.0 Å². The van der Waals surface area contributed by atoms with E-state index in [1.807, 2.05) is 25.1 Å². The highest BCUT2D eigenvalue weighted by atomic mass is 16.7. The molecule has 0 saturated carbocycles. The highest BCUT2D eigenvalue weighted by Crippen LogP contribution is 2.36. The van der Waals surface area contributed by atoms with Crippen molar-refractivity contribution in [1.82, 2.24) is 0 Å². The Labute approximate surface area is 140 Å². The van der Waals surface area contributed by atoms with Crippen molar-refractivity contribution in [2.45, 2.75) is 19.3 Å². The summed E-state index contributed by atoms with van der Waals surface area (Å²) >= 11 is 0. The minimum Gasteiger partial charge on any atom is -0.469 e. The van der Waals surface area contributed by atoms with Gasteiger partial charge in [0.15, 0.2) is 17.3 Å². The molecule has 5 heteroatoms. The van der Waals surface area contributed by atoms with Gasteiger partial charge in [-0.2, -0.15) is 0 Å². The summed E-state index contributed by atoms with van der Waals surface area (Å²) in [6, 6.07) is 12.6. The second-order valence-electron chi connectivity index (χ2n) is 5.69. The van der Waals surface area contributed by atoms with Crippen LogP contribution < -0.4 is 9.47 Å². The number of benzene rings is 2. The van der Waals surface area contributed by atoms with E-state index in [4.69, 9.17) is 14.2 Å². The number of aryl methyl sites for hydroxylation is 1. The number of hydrogen-bond donors (Lipinski definition) is 0. The van der Waals surface area contributed by atoms with Gasteiger partial charge in [-0.05, 0) is 30.7 Å². The maximum Gasteiger partial charge on any atom is 0.313 e. The maximum absolute atomic E-state index is 12.6. The van der Waals surface area contributed by atoms with E-state index in [2.05, 4.69) is 0 Å². The van der Waals surface area contributed by atoms with Crippen LogP contribution in [0.25, 0.3) is 0 Å². The minimum atomic E-state index is -0.683. The molecular weight excluding hydrogens is 308 g/mol. The molecule has 0 saturated heterocycles. The van der Waals surface area contributed by atoms with E-state index >= 15 is 0 Å². The van der Waals surface area contributed by atoms with Crippen LogP contribution in [-0.4, -0.2) is 25.7 Å². The molecule has 1 aliphatic heterocycles. The van der Waals surface area contributed by atoms with E-state index in [0.717, 1.165) is 5.56 Å². The molecule has 0 bridgehead atoms. The monoisotopic (exact) mass is 326 g/mol. The van der Waals surface area contributed by atoms with Crippen molar-refractivity contribution in [3.05, 3.63) is 59.2 Å². The van der Waals surface area contributed by atoms with Gasteiger partial charge in [-0.3, -0.25) is 9.59 Å². The lowest BCUT2D eigenvalue weighted by Gasteiger charge is -2.15. The Morgan fingerprint density at radius 1 is 1.12 bits per heavy atom. The molecule has 1 aliphatic rings. The molecule has 0 aromatic heterocycles. The Morgan fingerprint density at radius 3 is 2.67 bits per heavy atom. The van der Waals surface area contributed by atoms with Gasteiger partial charge < -0.3 is 14.2 Å². The van der Waals surface area contributed by atoms with Crippen LogP contribution in [0.3, 0.4) is 0 Å². The molecule has 0 spiro atoms. The molecule has 5 nitrogen and oxygen atoms in total. The van der Waals surface area contributed by atoms with Crippen molar-refractivity contribution in [2.75, 3.05) is 13.9 Å². The van der Waals surface area contributed by atoms with Crippen LogP contribution in [0.1, 0.15) is 33.8 Å². The van der Waals surface area contributed by atoms with E-state index in [0.29, 0.717) is 22.6 Å². The fraction of sp³-hybridized carbons (Fsp3) is 0.263. The van der Waals surface area contributed by atoms with Gasteiger partial charge in [-0.15, -0.1) is 0 Å². The summed E-state index contributed by atoms with van der Waals surface area (Å²) in [5.74, 6) is -0.0315. The predicted octanol–water partition coefficient (Wildman–Crippen LogP) is 3.25. The number of carbonyl (C=O) groups excluding carboxylic acids is 2. The molecule has 2 aromatic rings. The van der Waals surface area contributed by atoms with Gasteiger partial charge in [0.25, 0.3) is 0 Å². The van der Waals surface area contributed by atoms with Crippen molar-refractivity contribution < 1.29 is 23.8 Å². The summed E-state index contributed by atoms with van der Waals surface area (Å²) in [6.07, 6.45) is 0.0375. The van der Waals surface area contributed by atoms with Gasteiger partial charge in [0.2, 0.25) is 6.79 Å². The van der Waals surface area contributed by atoms with E-state index < -0.39 is 11.9 Å². The Morgan fingerprint density at radius 2 is 1.92 bits per heavy atom. The molecular formula is C19H18O5. The summed E-state index contributed by atoms with van der Waals surface area (Å²) in [5, 5.41) is 0. The van der Waals surface area contributed by atoms with Crippen molar-refractivity contribution in [1.29, 1.82) is 0 Å². The highest BCUT2D eigenvalue weighted by Gasteiger charge is 2.27. The second-order valence-corrected chi connectivity index (χ2v) is 5.69. The topological polar surface area (TPSA) is 61.8 Å². The lowest BCUT2D eigenvalue weighted by atomic mass is 9.91. The Bertz CT molecular complexity index is 781. The molecule has 0 fully saturated rings. The zero-order valence-corrected chi connectivity index (χ0v) is 13.6. The quantitative estimate of drug-likeness (QED) is 0.623. The van der Waals surface area contributed by atoms with Crippen molar-refractivity contribution in [3.63, 3.8) is 0 Å². The fourth-order valence-electron chi connectivity index (χ4n) is 2.73. The first-order valence-corrected chi connectivity index (χ1v) is 7.65. The van der Waals surface area contributed by atoms with Gasteiger partial charge in [0.1, 0.15) is 0 Å². The third-order valence-corrected chi connectivity index (χ3v) is 4.01. The van der Waals surface area contributed by atoms with Crippen LogP contribution in [0, 0.1) is 6.92 Å². The summed E-state index contributed by atoms with van der Waals surface area (Å²) in [6.45, 7) is 2.08. The lowest BCUT2D eigenvalue weighted by Crippen LogP contribution is -2.18. The number of fused-ring (bicyclic) bond motifs is 1. The minimum absolute atomic E-state index is 0.0375. The van der Waals surface area contributed by atoms with Gasteiger partial charge in [-0.25, -0.2) is 0 Å². The molecule has 0 radical (unpaired) electrons. The van der Waals surface area contributed by atoms with E-state index in [1.54, 1.807) is 24.3 Å². The number of ether oxygens (including phenoxy) is 3. The number of rotatable bonds is 5. The lowest BCUT2D eigenvalue weighted by molar-refractivity contribution is -0.142. The third kappa shape index (κ3) is 3.25. The van der Waals surface area contributed by atoms with Gasteiger partial charge in [0, 0.05) is 12.0 Å². The zero-order chi connectivity index (χ0) is 17.1. The zero-order valence-electron chi connectivity index (χ0n) is 13.6. The van der Waals surface area contributed by atoms with E-state index in [1.165, 1.54) is 7.11 Å². The number of esters is 1. The average Bonchev–Trinajstić information content (AvgIpc) is 3.06. The Balaban J connectivity index is 1.87. The number of carbonyl (C=O) groups is 2. The first-order chi connectivity index (χ1) is 11.6. The highest BCUT2D eigenvalue weighted by molar-refractivity contribution is 5.99. The SMILES string of the molecule is COC(=O)C(CC(=O)c1cccc(C)c1)c1ccc2c(c1)OCO2. The predicted molar refractivity (Wildman–Crippen MR) is 87.4 cm³/mol. The van der Waals surface area contributed by atoms with Crippen molar-refractivity contribution >= 4 is 11.8 Å². The Kier molecular flexibility index (Phi) is 4.51. The third-order valence-electron chi connectivity index (χ3n) is 4.01. The smallest absolute Gasteiger partial charge is 0.313 e. The van der Waals surface area contributed by atoms with Crippen LogP contribution in [-0.2, 0) is 9.53 Å². The summed E-state index contributed by atoms with van der Waals surface area (Å²) < 4.78 is 15.5. The fourth-order valence-corrected chi connectivity index (χ4v) is 2.73. The maximum atomic E-state index is 12.6. The van der Waals surface area contributed by atoms with Gasteiger partial charge in [-0.1, -0.05) is 29.8 Å². The van der Waals surface area contributed by atoms with Crippen LogP contribution in [0.15, 0.2) is 42.5 Å². The van der Waals surface area contributed by atoms with Crippen LogP contribution in [0.2, 0.25) is 0 Å². The largest absolute Gasteiger partial charge is 0.469 e. The molecule has 0 N–H and O–H groups in total. The van der Waals surface area contributed by atoms with Crippen molar-refractivity contribution in [3.8, 4) is 11.5 Å². The average molecular weight is 326 g/mol. The van der Waals surface area contributed by atoms with Crippen molar-refractivity contribution in [2.24, 2.45) is 0 Å². The van der Waals surface area contributed by atoms with Gasteiger partial charge >= 0.3 is 5.97 Å². The molecule has 1 atom stereocenters. The number of methoxy groups -OCH3 is 1.